The fourth-order valence-corrected chi connectivity index (χ4v) is 3.05. The van der Waals surface area contributed by atoms with E-state index in [2.05, 4.69) is 38.3 Å². The van der Waals surface area contributed by atoms with Gasteiger partial charge in [-0.3, -0.25) is 4.79 Å². The van der Waals surface area contributed by atoms with Crippen molar-refractivity contribution < 1.29 is 4.79 Å². The highest BCUT2D eigenvalue weighted by atomic mass is 16.1. The number of rotatable bonds is 5. The summed E-state index contributed by atoms with van der Waals surface area (Å²) in [5.74, 6) is -0.0671. The summed E-state index contributed by atoms with van der Waals surface area (Å²) in [5.41, 5.74) is 5.34. The Balaban J connectivity index is 1.32. The summed E-state index contributed by atoms with van der Waals surface area (Å²) in [6.45, 7) is 0.210. The van der Waals surface area contributed by atoms with Crippen LogP contribution >= 0.6 is 0 Å². The Morgan fingerprint density at radius 3 is 2.64 bits per heavy atom. The summed E-state index contributed by atoms with van der Waals surface area (Å²) in [6.07, 6.45) is 4.98. The molecule has 0 radical (unpaired) electrons. The lowest BCUT2D eigenvalue weighted by atomic mass is 10.1. The molecular formula is C18H18N6O. The standard InChI is InChI=1S/C18H18N6O/c25-18(21-16-5-4-13-2-1-3-14(13)10-16)11-19-15-6-8-17(9-7-15)24-12-20-22-23-24/h4-10,12,19H,1-3,11H2,(H,21,25). The van der Waals surface area contributed by atoms with E-state index in [0.29, 0.717) is 0 Å². The van der Waals surface area contributed by atoms with E-state index in [-0.39, 0.29) is 12.5 Å². The fourth-order valence-electron chi connectivity index (χ4n) is 3.05. The number of carbonyl (C=O) groups is 1. The van der Waals surface area contributed by atoms with E-state index in [1.54, 1.807) is 4.68 Å². The second kappa shape index (κ2) is 6.72. The molecule has 3 aromatic rings. The lowest BCUT2D eigenvalue weighted by Gasteiger charge is -2.09. The minimum absolute atomic E-state index is 0.0671. The Bertz CT molecular complexity index is 873. The number of hydrogen-bond acceptors (Lipinski definition) is 5. The number of aromatic nitrogens is 4. The molecule has 0 aliphatic heterocycles. The summed E-state index contributed by atoms with van der Waals surface area (Å²) in [6, 6.07) is 13.7. The highest BCUT2D eigenvalue weighted by Crippen LogP contribution is 2.24. The third kappa shape index (κ3) is 3.50. The molecule has 126 valence electrons. The maximum atomic E-state index is 12.1. The van der Waals surface area contributed by atoms with E-state index in [1.807, 2.05) is 30.3 Å². The van der Waals surface area contributed by atoms with Crippen LogP contribution in [0, 0.1) is 0 Å². The second-order valence-corrected chi connectivity index (χ2v) is 6.04. The van der Waals surface area contributed by atoms with Gasteiger partial charge in [0.1, 0.15) is 6.33 Å². The zero-order chi connectivity index (χ0) is 17.1. The van der Waals surface area contributed by atoms with E-state index in [1.165, 1.54) is 23.9 Å². The van der Waals surface area contributed by atoms with Gasteiger partial charge in [0.15, 0.2) is 0 Å². The molecular weight excluding hydrogens is 316 g/mol. The van der Waals surface area contributed by atoms with Crippen LogP contribution in [-0.4, -0.2) is 32.7 Å². The van der Waals surface area contributed by atoms with Crippen molar-refractivity contribution in [2.24, 2.45) is 0 Å². The molecule has 7 heteroatoms. The number of aryl methyl sites for hydroxylation is 2. The van der Waals surface area contributed by atoms with Crippen LogP contribution < -0.4 is 10.6 Å². The van der Waals surface area contributed by atoms with Gasteiger partial charge >= 0.3 is 0 Å². The fraction of sp³-hybridized carbons (Fsp3) is 0.222. The van der Waals surface area contributed by atoms with Crippen molar-refractivity contribution in [3.05, 3.63) is 59.9 Å². The molecule has 2 N–H and O–H groups in total. The summed E-state index contributed by atoms with van der Waals surface area (Å²) >= 11 is 0. The average molecular weight is 334 g/mol. The third-order valence-corrected chi connectivity index (χ3v) is 4.32. The monoisotopic (exact) mass is 334 g/mol. The number of amides is 1. The molecule has 1 aliphatic rings. The summed E-state index contributed by atoms with van der Waals surface area (Å²) < 4.78 is 1.57. The van der Waals surface area contributed by atoms with Crippen LogP contribution in [0.25, 0.3) is 5.69 Å². The largest absolute Gasteiger partial charge is 0.376 e. The first-order valence-corrected chi connectivity index (χ1v) is 8.27. The lowest BCUT2D eigenvalue weighted by Crippen LogP contribution is -2.21. The molecule has 2 aromatic carbocycles. The van der Waals surface area contributed by atoms with Crippen LogP contribution in [0.15, 0.2) is 48.8 Å². The van der Waals surface area contributed by atoms with Gasteiger partial charge in [-0.25, -0.2) is 4.68 Å². The first-order valence-electron chi connectivity index (χ1n) is 8.27. The zero-order valence-electron chi connectivity index (χ0n) is 13.6. The van der Waals surface area contributed by atoms with Crippen LogP contribution in [0.4, 0.5) is 11.4 Å². The van der Waals surface area contributed by atoms with Crippen LogP contribution in [0.5, 0.6) is 0 Å². The van der Waals surface area contributed by atoms with Gasteiger partial charge in [-0.1, -0.05) is 6.07 Å². The van der Waals surface area contributed by atoms with E-state index >= 15 is 0 Å². The number of tetrazole rings is 1. The number of carbonyl (C=O) groups excluding carboxylic acids is 1. The first-order chi connectivity index (χ1) is 12.3. The van der Waals surface area contributed by atoms with Crippen LogP contribution in [-0.2, 0) is 17.6 Å². The molecule has 0 atom stereocenters. The number of nitrogens with one attached hydrogen (secondary N) is 2. The third-order valence-electron chi connectivity index (χ3n) is 4.32. The molecule has 1 amide bonds. The summed E-state index contributed by atoms with van der Waals surface area (Å²) in [7, 11) is 0. The number of fused-ring (bicyclic) bond motifs is 1. The highest BCUT2D eigenvalue weighted by Gasteiger charge is 2.11. The SMILES string of the molecule is O=C(CNc1ccc(-n2cnnn2)cc1)Nc1ccc2c(c1)CCC2. The van der Waals surface area contributed by atoms with Crippen molar-refractivity contribution in [2.45, 2.75) is 19.3 Å². The van der Waals surface area contributed by atoms with E-state index in [4.69, 9.17) is 0 Å². The minimum Gasteiger partial charge on any atom is -0.376 e. The number of nitrogens with zero attached hydrogens (tertiary/aromatic N) is 4. The zero-order valence-corrected chi connectivity index (χ0v) is 13.6. The normalized spacial score (nSPS) is 12.6. The van der Waals surface area contributed by atoms with Gasteiger partial charge in [-0.2, -0.15) is 0 Å². The molecule has 0 fully saturated rings. The predicted molar refractivity (Wildman–Crippen MR) is 94.7 cm³/mol. The van der Waals surface area contributed by atoms with Gasteiger partial charge in [-0.05, 0) is 77.2 Å². The summed E-state index contributed by atoms with van der Waals surface area (Å²) in [5, 5.41) is 17.1. The minimum atomic E-state index is -0.0671. The van der Waals surface area contributed by atoms with Crippen molar-refractivity contribution in [1.82, 2.24) is 20.2 Å². The van der Waals surface area contributed by atoms with E-state index in [9.17, 15) is 4.79 Å². The second-order valence-electron chi connectivity index (χ2n) is 6.04. The van der Waals surface area contributed by atoms with Crippen molar-refractivity contribution in [2.75, 3.05) is 17.2 Å². The number of benzene rings is 2. The Labute approximate surface area is 145 Å². The number of hydrogen-bond donors (Lipinski definition) is 2. The molecule has 4 rings (SSSR count). The van der Waals surface area contributed by atoms with Gasteiger partial charge in [0.25, 0.3) is 0 Å². The lowest BCUT2D eigenvalue weighted by molar-refractivity contribution is -0.114. The molecule has 0 unspecified atom stereocenters. The first kappa shape index (κ1) is 15.3. The molecule has 7 nitrogen and oxygen atoms in total. The molecule has 1 aliphatic carbocycles. The van der Waals surface area contributed by atoms with Crippen molar-refractivity contribution in [3.63, 3.8) is 0 Å². The summed E-state index contributed by atoms with van der Waals surface area (Å²) in [4.78, 5) is 12.1. The van der Waals surface area contributed by atoms with Gasteiger partial charge in [0.05, 0.1) is 12.2 Å². The topological polar surface area (TPSA) is 84.7 Å². The van der Waals surface area contributed by atoms with E-state index in [0.717, 1.165) is 29.9 Å². The maximum Gasteiger partial charge on any atom is 0.243 e. The van der Waals surface area contributed by atoms with Crippen molar-refractivity contribution in [3.8, 4) is 5.69 Å². The van der Waals surface area contributed by atoms with Gasteiger partial charge in [0.2, 0.25) is 5.91 Å². The molecule has 1 heterocycles. The van der Waals surface area contributed by atoms with Gasteiger partial charge in [-0.15, -0.1) is 5.10 Å². The van der Waals surface area contributed by atoms with Gasteiger partial charge < -0.3 is 10.6 Å². The number of anilines is 2. The maximum absolute atomic E-state index is 12.1. The van der Waals surface area contributed by atoms with Crippen LogP contribution in [0.2, 0.25) is 0 Å². The Morgan fingerprint density at radius 2 is 1.84 bits per heavy atom. The van der Waals surface area contributed by atoms with Crippen molar-refractivity contribution in [1.29, 1.82) is 0 Å². The molecule has 1 aromatic heterocycles. The average Bonchev–Trinajstić information content (AvgIpc) is 3.32. The van der Waals surface area contributed by atoms with E-state index < -0.39 is 0 Å². The molecule has 0 spiro atoms. The smallest absolute Gasteiger partial charge is 0.243 e. The Morgan fingerprint density at radius 1 is 1.04 bits per heavy atom. The van der Waals surface area contributed by atoms with Crippen molar-refractivity contribution >= 4 is 17.3 Å². The van der Waals surface area contributed by atoms with Crippen LogP contribution in [0.1, 0.15) is 17.5 Å². The van der Waals surface area contributed by atoms with Crippen LogP contribution in [0.3, 0.4) is 0 Å². The molecule has 25 heavy (non-hydrogen) atoms. The molecule has 0 saturated carbocycles. The highest BCUT2D eigenvalue weighted by molar-refractivity contribution is 5.93. The van der Waals surface area contributed by atoms with Gasteiger partial charge in [0, 0.05) is 11.4 Å². The Hall–Kier alpha value is -3.22. The molecule has 0 bridgehead atoms. The quantitative estimate of drug-likeness (QED) is 0.747. The predicted octanol–water partition coefficient (Wildman–Crippen LogP) is 2.20. The molecule has 0 saturated heterocycles. The Kier molecular flexibility index (Phi) is 4.12.